The molecule has 3 fully saturated rings. The van der Waals surface area contributed by atoms with Crippen molar-refractivity contribution in [2.75, 3.05) is 0 Å². The van der Waals surface area contributed by atoms with E-state index in [1.165, 1.54) is 6.42 Å². The Balaban J connectivity index is 1.82. The van der Waals surface area contributed by atoms with Gasteiger partial charge in [0.15, 0.2) is 0 Å². The summed E-state index contributed by atoms with van der Waals surface area (Å²) in [4.78, 5) is 23.9. The van der Waals surface area contributed by atoms with Crippen molar-refractivity contribution in [3.8, 4) is 0 Å². The quantitative estimate of drug-likeness (QED) is 0.775. The number of fused-ring (bicyclic) bond motifs is 3. The van der Waals surface area contributed by atoms with Crippen LogP contribution in [0.15, 0.2) is 0 Å². The highest BCUT2D eigenvalue weighted by Gasteiger charge is 2.60. The SMILES string of the molecule is CC(C)(C)O[C@H]1CC[C@H]2[C@@H]3CCC(=O)[C@](C)(CCC(=O)O)[C@H]3CC[C@]12C. The van der Waals surface area contributed by atoms with E-state index in [4.69, 9.17) is 9.84 Å². The van der Waals surface area contributed by atoms with Gasteiger partial charge in [-0.2, -0.15) is 0 Å². The molecule has 0 aromatic heterocycles. The molecule has 0 spiro atoms. The van der Waals surface area contributed by atoms with Crippen molar-refractivity contribution in [1.29, 1.82) is 0 Å². The molecule has 0 saturated heterocycles. The molecule has 1 N–H and O–H groups in total. The van der Waals surface area contributed by atoms with Crippen molar-refractivity contribution in [3.05, 3.63) is 0 Å². The van der Waals surface area contributed by atoms with E-state index in [9.17, 15) is 9.59 Å². The number of ketones is 1. The summed E-state index contributed by atoms with van der Waals surface area (Å²) in [6.07, 6.45) is 6.92. The fraction of sp³-hybridized carbons (Fsp3) is 0.909. The lowest BCUT2D eigenvalue weighted by Crippen LogP contribution is -2.53. The molecule has 0 amide bonds. The Kier molecular flexibility index (Phi) is 5.05. The second-order valence-corrected chi connectivity index (χ2v) is 10.5. The van der Waals surface area contributed by atoms with Crippen LogP contribution in [0, 0.1) is 28.6 Å². The summed E-state index contributed by atoms with van der Waals surface area (Å²) >= 11 is 0. The molecule has 0 aromatic carbocycles. The number of carboxylic acid groups (broad SMARTS) is 1. The van der Waals surface area contributed by atoms with Gasteiger partial charge in [-0.15, -0.1) is 0 Å². The Morgan fingerprint density at radius 1 is 1.15 bits per heavy atom. The summed E-state index contributed by atoms with van der Waals surface area (Å²) in [5, 5.41) is 9.15. The van der Waals surface area contributed by atoms with E-state index < -0.39 is 11.4 Å². The first kappa shape index (κ1) is 19.9. The van der Waals surface area contributed by atoms with Crippen molar-refractivity contribution in [1.82, 2.24) is 0 Å². The normalized spacial score (nSPS) is 43.0. The van der Waals surface area contributed by atoms with Gasteiger partial charge in [0.25, 0.3) is 0 Å². The lowest BCUT2D eigenvalue weighted by Gasteiger charge is -2.56. The molecule has 0 aliphatic heterocycles. The third-order valence-corrected chi connectivity index (χ3v) is 7.86. The fourth-order valence-electron chi connectivity index (χ4n) is 6.53. The zero-order valence-corrected chi connectivity index (χ0v) is 17.1. The molecule has 148 valence electrons. The second-order valence-electron chi connectivity index (χ2n) is 10.5. The summed E-state index contributed by atoms with van der Waals surface area (Å²) in [5.74, 6) is 0.990. The maximum absolute atomic E-state index is 12.8. The van der Waals surface area contributed by atoms with Gasteiger partial charge in [0.1, 0.15) is 5.78 Å². The maximum Gasteiger partial charge on any atom is 0.303 e. The molecule has 6 atom stereocenters. The smallest absolute Gasteiger partial charge is 0.303 e. The molecule has 3 saturated carbocycles. The molecule has 3 aliphatic carbocycles. The maximum atomic E-state index is 12.8. The predicted molar refractivity (Wildman–Crippen MR) is 101 cm³/mol. The summed E-state index contributed by atoms with van der Waals surface area (Å²) in [5.41, 5.74) is -0.383. The summed E-state index contributed by atoms with van der Waals surface area (Å²) in [6.45, 7) is 10.9. The highest BCUT2D eigenvalue weighted by Crippen LogP contribution is 2.63. The minimum atomic E-state index is -0.790. The second kappa shape index (κ2) is 6.61. The van der Waals surface area contributed by atoms with Crippen molar-refractivity contribution in [3.63, 3.8) is 0 Å². The first-order valence-corrected chi connectivity index (χ1v) is 10.4. The number of hydrogen-bond donors (Lipinski definition) is 1. The van der Waals surface area contributed by atoms with Crippen molar-refractivity contribution < 1.29 is 19.4 Å². The lowest BCUT2D eigenvalue weighted by atomic mass is 9.49. The molecular formula is C22H36O4. The Hall–Kier alpha value is -0.900. The third-order valence-electron chi connectivity index (χ3n) is 7.86. The summed E-state index contributed by atoms with van der Waals surface area (Å²) in [7, 11) is 0. The molecule has 26 heavy (non-hydrogen) atoms. The Labute approximate surface area is 158 Å². The number of rotatable bonds is 4. The first-order chi connectivity index (χ1) is 12.0. The number of carbonyl (C=O) groups is 2. The highest BCUT2D eigenvalue weighted by molar-refractivity contribution is 5.86. The first-order valence-electron chi connectivity index (χ1n) is 10.4. The van der Waals surface area contributed by atoms with E-state index in [-0.39, 0.29) is 17.4 Å². The monoisotopic (exact) mass is 364 g/mol. The van der Waals surface area contributed by atoms with Crippen LogP contribution in [0.4, 0.5) is 0 Å². The Morgan fingerprint density at radius 3 is 2.46 bits per heavy atom. The van der Waals surface area contributed by atoms with Gasteiger partial charge in [-0.1, -0.05) is 13.8 Å². The van der Waals surface area contributed by atoms with Crippen LogP contribution in [0.5, 0.6) is 0 Å². The van der Waals surface area contributed by atoms with Crippen LogP contribution in [0.25, 0.3) is 0 Å². The standard InChI is InChI=1S/C22H36O4/c1-20(2,3)26-18-9-7-15-14-6-8-17(23)21(4,13-11-19(24)25)16(14)10-12-22(15,18)5/h14-16,18H,6-13H2,1-5H3,(H,24,25)/t14-,15-,16-,18-,21+,22-/m0/s1. The van der Waals surface area contributed by atoms with E-state index in [1.807, 2.05) is 0 Å². The Bertz CT molecular complexity index is 577. The zero-order valence-electron chi connectivity index (χ0n) is 17.1. The highest BCUT2D eigenvalue weighted by atomic mass is 16.5. The number of hydrogen-bond acceptors (Lipinski definition) is 3. The van der Waals surface area contributed by atoms with E-state index >= 15 is 0 Å². The van der Waals surface area contributed by atoms with Crippen LogP contribution in [0.1, 0.15) is 86.0 Å². The fourth-order valence-corrected chi connectivity index (χ4v) is 6.53. The molecule has 3 rings (SSSR count). The molecule has 0 bridgehead atoms. The molecule has 0 heterocycles. The van der Waals surface area contributed by atoms with Crippen LogP contribution < -0.4 is 0 Å². The van der Waals surface area contributed by atoms with Gasteiger partial charge < -0.3 is 9.84 Å². The molecule has 4 heteroatoms. The predicted octanol–water partition coefficient (Wildman–Crippen LogP) is 4.85. The summed E-state index contributed by atoms with van der Waals surface area (Å²) in [6, 6.07) is 0. The zero-order chi connectivity index (χ0) is 19.3. The van der Waals surface area contributed by atoms with Crippen molar-refractivity contribution in [2.24, 2.45) is 28.6 Å². The van der Waals surface area contributed by atoms with Gasteiger partial charge >= 0.3 is 5.97 Å². The molecule has 0 aromatic rings. The van der Waals surface area contributed by atoms with Crippen LogP contribution in [0.2, 0.25) is 0 Å². The number of carboxylic acids is 1. The van der Waals surface area contributed by atoms with E-state index in [2.05, 4.69) is 34.6 Å². The van der Waals surface area contributed by atoms with Gasteiger partial charge in [0.05, 0.1) is 11.7 Å². The van der Waals surface area contributed by atoms with Gasteiger partial charge in [-0.3, -0.25) is 9.59 Å². The van der Waals surface area contributed by atoms with Crippen LogP contribution in [-0.2, 0) is 14.3 Å². The number of carbonyl (C=O) groups excluding carboxylic acids is 1. The topological polar surface area (TPSA) is 63.6 Å². The van der Waals surface area contributed by atoms with Gasteiger partial charge in [0, 0.05) is 18.3 Å². The third kappa shape index (κ3) is 3.34. The largest absolute Gasteiger partial charge is 0.481 e. The van der Waals surface area contributed by atoms with E-state index in [0.29, 0.717) is 42.5 Å². The molecule has 0 radical (unpaired) electrons. The van der Waals surface area contributed by atoms with Gasteiger partial charge in [-0.05, 0) is 82.5 Å². The molecule has 0 unspecified atom stereocenters. The molecule has 4 nitrogen and oxygen atoms in total. The minimum Gasteiger partial charge on any atom is -0.481 e. The van der Waals surface area contributed by atoms with Crippen LogP contribution in [0.3, 0.4) is 0 Å². The van der Waals surface area contributed by atoms with Crippen molar-refractivity contribution >= 4 is 11.8 Å². The number of ether oxygens (including phenoxy) is 1. The Morgan fingerprint density at radius 2 is 1.85 bits per heavy atom. The van der Waals surface area contributed by atoms with E-state index in [0.717, 1.165) is 25.7 Å². The van der Waals surface area contributed by atoms with Crippen LogP contribution in [-0.4, -0.2) is 28.6 Å². The average Bonchev–Trinajstić information content (AvgIpc) is 2.84. The van der Waals surface area contributed by atoms with Crippen molar-refractivity contribution in [2.45, 2.75) is 97.7 Å². The van der Waals surface area contributed by atoms with E-state index in [1.54, 1.807) is 0 Å². The summed E-state index contributed by atoms with van der Waals surface area (Å²) < 4.78 is 6.46. The van der Waals surface area contributed by atoms with Crippen LogP contribution >= 0.6 is 0 Å². The van der Waals surface area contributed by atoms with Gasteiger partial charge in [0.2, 0.25) is 0 Å². The molecular weight excluding hydrogens is 328 g/mol. The molecule has 3 aliphatic rings. The van der Waals surface area contributed by atoms with Gasteiger partial charge in [-0.25, -0.2) is 0 Å². The number of Topliss-reactive ketones (excluding diaryl/α,β-unsaturated/α-hetero) is 1. The minimum absolute atomic E-state index is 0.100. The lowest BCUT2D eigenvalue weighted by molar-refractivity contribution is -0.158. The number of aliphatic carboxylic acids is 1. The average molecular weight is 365 g/mol.